The zero-order chi connectivity index (χ0) is 18.7. The first-order valence-electron chi connectivity index (χ1n) is 8.13. The van der Waals surface area contributed by atoms with Crippen LogP contribution in [0.4, 0.5) is 8.78 Å². The third-order valence-corrected chi connectivity index (χ3v) is 6.23. The highest BCUT2D eigenvalue weighted by molar-refractivity contribution is 7.89. The third-order valence-electron chi connectivity index (χ3n) is 4.32. The minimum Gasteiger partial charge on any atom is -0.293 e. The molecule has 1 heterocycles. The molecule has 0 aromatic heterocycles. The summed E-state index contributed by atoms with van der Waals surface area (Å²) in [6.07, 6.45) is 0. The van der Waals surface area contributed by atoms with Crippen LogP contribution in [0.5, 0.6) is 0 Å². The molecule has 0 amide bonds. The van der Waals surface area contributed by atoms with Crippen LogP contribution in [0.1, 0.15) is 10.4 Å². The van der Waals surface area contributed by atoms with E-state index in [2.05, 4.69) is 0 Å². The van der Waals surface area contributed by atoms with E-state index in [1.54, 1.807) is 0 Å². The Morgan fingerprint density at radius 2 is 1.35 bits per heavy atom. The van der Waals surface area contributed by atoms with Gasteiger partial charge in [0.05, 0.1) is 11.4 Å². The second kappa shape index (κ2) is 7.61. The van der Waals surface area contributed by atoms with Gasteiger partial charge in [0.15, 0.2) is 5.78 Å². The van der Waals surface area contributed by atoms with Gasteiger partial charge in [0.2, 0.25) is 10.0 Å². The van der Waals surface area contributed by atoms with Crippen molar-refractivity contribution in [1.82, 2.24) is 9.21 Å². The summed E-state index contributed by atoms with van der Waals surface area (Å²) in [7, 11) is -3.67. The van der Waals surface area contributed by atoms with Gasteiger partial charge < -0.3 is 0 Å². The van der Waals surface area contributed by atoms with Gasteiger partial charge in [-0.15, -0.1) is 0 Å². The van der Waals surface area contributed by atoms with E-state index in [4.69, 9.17) is 0 Å². The number of Topliss-reactive ketones (excluding diaryl/α,β-unsaturated/α-hetero) is 1. The second-order valence-corrected chi connectivity index (χ2v) is 8.00. The summed E-state index contributed by atoms with van der Waals surface area (Å²) in [5.74, 6) is -1.03. The first-order chi connectivity index (χ1) is 12.4. The Bertz CT molecular complexity index is 876. The van der Waals surface area contributed by atoms with E-state index >= 15 is 0 Å². The molecule has 2 aromatic carbocycles. The van der Waals surface area contributed by atoms with Crippen molar-refractivity contribution in [3.63, 3.8) is 0 Å². The highest BCUT2D eigenvalue weighted by Crippen LogP contribution is 2.18. The lowest BCUT2D eigenvalue weighted by molar-refractivity contribution is 0.0901. The highest BCUT2D eigenvalue weighted by atomic mass is 32.2. The summed E-state index contributed by atoms with van der Waals surface area (Å²) in [6.45, 7) is 1.46. The van der Waals surface area contributed by atoms with Crippen molar-refractivity contribution in [3.8, 4) is 0 Å². The number of carbonyl (C=O) groups is 1. The lowest BCUT2D eigenvalue weighted by Crippen LogP contribution is -2.49. The molecule has 138 valence electrons. The van der Waals surface area contributed by atoms with Crippen molar-refractivity contribution in [2.75, 3.05) is 32.7 Å². The van der Waals surface area contributed by atoms with Crippen molar-refractivity contribution >= 4 is 15.8 Å². The quantitative estimate of drug-likeness (QED) is 0.746. The molecule has 0 unspecified atom stereocenters. The molecule has 0 radical (unpaired) electrons. The van der Waals surface area contributed by atoms with E-state index in [0.717, 1.165) is 12.1 Å². The van der Waals surface area contributed by atoms with Crippen LogP contribution in [0.2, 0.25) is 0 Å². The summed E-state index contributed by atoms with van der Waals surface area (Å²) in [5, 5.41) is 0. The Hall–Kier alpha value is -2.16. The number of hydrogen-bond donors (Lipinski definition) is 0. The molecule has 1 fully saturated rings. The number of ketones is 1. The summed E-state index contributed by atoms with van der Waals surface area (Å²) in [6, 6.07) is 10.1. The second-order valence-electron chi connectivity index (χ2n) is 6.06. The molecule has 1 aliphatic heterocycles. The Balaban J connectivity index is 1.59. The Morgan fingerprint density at radius 1 is 0.846 bits per heavy atom. The van der Waals surface area contributed by atoms with Crippen LogP contribution in [-0.2, 0) is 10.0 Å². The Morgan fingerprint density at radius 3 is 1.88 bits per heavy atom. The predicted octanol–water partition coefficient (Wildman–Crippen LogP) is 2.15. The van der Waals surface area contributed by atoms with E-state index in [0.29, 0.717) is 18.7 Å². The smallest absolute Gasteiger partial charge is 0.243 e. The lowest BCUT2D eigenvalue weighted by Gasteiger charge is -2.33. The van der Waals surface area contributed by atoms with E-state index in [1.165, 1.54) is 40.7 Å². The van der Waals surface area contributed by atoms with Crippen LogP contribution >= 0.6 is 0 Å². The first kappa shape index (κ1) is 18.6. The van der Waals surface area contributed by atoms with Crippen molar-refractivity contribution in [2.24, 2.45) is 0 Å². The van der Waals surface area contributed by atoms with Gasteiger partial charge in [-0.2, -0.15) is 4.31 Å². The number of piperazine rings is 1. The molecule has 2 aromatic rings. The maximum Gasteiger partial charge on any atom is 0.243 e. The number of rotatable bonds is 5. The van der Waals surface area contributed by atoms with Crippen LogP contribution in [0.15, 0.2) is 53.4 Å². The summed E-state index contributed by atoms with van der Waals surface area (Å²) in [5.41, 5.74) is 0.424. The molecular formula is C18H18F2N2O3S. The van der Waals surface area contributed by atoms with Crippen LogP contribution in [-0.4, -0.2) is 56.1 Å². The Kier molecular flexibility index (Phi) is 5.45. The largest absolute Gasteiger partial charge is 0.293 e. The van der Waals surface area contributed by atoms with E-state index < -0.39 is 21.7 Å². The zero-order valence-corrected chi connectivity index (χ0v) is 14.8. The number of benzene rings is 2. The minimum atomic E-state index is -3.67. The van der Waals surface area contributed by atoms with Crippen molar-refractivity contribution in [3.05, 3.63) is 65.7 Å². The third kappa shape index (κ3) is 4.14. The fourth-order valence-electron chi connectivity index (χ4n) is 2.81. The minimum absolute atomic E-state index is 0.0507. The summed E-state index contributed by atoms with van der Waals surface area (Å²) < 4.78 is 52.4. The fourth-order valence-corrected chi connectivity index (χ4v) is 4.24. The standard InChI is InChI=1S/C18H18F2N2O3S/c19-15-3-1-14(2-4-15)18(23)13-21-9-11-22(12-10-21)26(24,25)17-7-5-16(20)6-8-17/h1-8H,9-13H2. The lowest BCUT2D eigenvalue weighted by atomic mass is 10.1. The molecule has 0 bridgehead atoms. The molecule has 0 atom stereocenters. The summed E-state index contributed by atoms with van der Waals surface area (Å²) in [4.78, 5) is 14.1. The number of halogens is 2. The molecule has 0 aliphatic carbocycles. The predicted molar refractivity (Wildman–Crippen MR) is 92.3 cm³/mol. The molecule has 8 heteroatoms. The van der Waals surface area contributed by atoms with Crippen molar-refractivity contribution in [2.45, 2.75) is 4.90 Å². The molecule has 0 N–H and O–H groups in total. The molecule has 0 saturated carbocycles. The Labute approximate surface area is 150 Å². The van der Waals surface area contributed by atoms with Crippen molar-refractivity contribution < 1.29 is 22.0 Å². The van der Waals surface area contributed by atoms with E-state index in [1.807, 2.05) is 4.90 Å². The number of nitrogens with zero attached hydrogens (tertiary/aromatic N) is 2. The van der Waals surface area contributed by atoms with Gasteiger partial charge in [-0.3, -0.25) is 9.69 Å². The molecule has 1 saturated heterocycles. The maximum atomic E-state index is 13.0. The van der Waals surface area contributed by atoms with Crippen molar-refractivity contribution in [1.29, 1.82) is 0 Å². The molecule has 1 aliphatic rings. The number of hydrogen-bond acceptors (Lipinski definition) is 4. The fraction of sp³-hybridized carbons (Fsp3) is 0.278. The highest BCUT2D eigenvalue weighted by Gasteiger charge is 2.29. The van der Waals surface area contributed by atoms with Crippen LogP contribution in [0, 0.1) is 11.6 Å². The molecule has 3 rings (SSSR count). The monoisotopic (exact) mass is 380 g/mol. The van der Waals surface area contributed by atoms with Gasteiger partial charge in [0, 0.05) is 31.7 Å². The van der Waals surface area contributed by atoms with Gasteiger partial charge in [0.1, 0.15) is 11.6 Å². The van der Waals surface area contributed by atoms with Gasteiger partial charge in [-0.25, -0.2) is 17.2 Å². The van der Waals surface area contributed by atoms with E-state index in [9.17, 15) is 22.0 Å². The van der Waals surface area contributed by atoms with Gasteiger partial charge in [0.25, 0.3) is 0 Å². The SMILES string of the molecule is O=C(CN1CCN(S(=O)(=O)c2ccc(F)cc2)CC1)c1ccc(F)cc1. The van der Waals surface area contributed by atoms with Gasteiger partial charge in [-0.05, 0) is 48.5 Å². The molecule has 0 spiro atoms. The zero-order valence-electron chi connectivity index (χ0n) is 13.9. The molecule has 26 heavy (non-hydrogen) atoms. The molecular weight excluding hydrogens is 362 g/mol. The average molecular weight is 380 g/mol. The average Bonchev–Trinajstić information content (AvgIpc) is 2.63. The van der Waals surface area contributed by atoms with Crippen LogP contribution in [0.25, 0.3) is 0 Å². The van der Waals surface area contributed by atoms with Gasteiger partial charge >= 0.3 is 0 Å². The van der Waals surface area contributed by atoms with Crippen LogP contribution < -0.4 is 0 Å². The normalized spacial score (nSPS) is 16.5. The van der Waals surface area contributed by atoms with Gasteiger partial charge in [-0.1, -0.05) is 0 Å². The van der Waals surface area contributed by atoms with E-state index in [-0.39, 0.29) is 30.3 Å². The van der Waals surface area contributed by atoms with Crippen LogP contribution in [0.3, 0.4) is 0 Å². The number of sulfonamides is 1. The summed E-state index contributed by atoms with van der Waals surface area (Å²) >= 11 is 0. The maximum absolute atomic E-state index is 13.0. The topological polar surface area (TPSA) is 57.7 Å². The number of carbonyl (C=O) groups excluding carboxylic acids is 1. The molecule has 5 nitrogen and oxygen atoms in total. The first-order valence-corrected chi connectivity index (χ1v) is 9.57.